The van der Waals surface area contributed by atoms with Crippen LogP contribution in [0.3, 0.4) is 0 Å². The maximum atomic E-state index is 12.6. The summed E-state index contributed by atoms with van der Waals surface area (Å²) in [6, 6.07) is 13.4. The van der Waals surface area contributed by atoms with E-state index >= 15 is 0 Å². The van der Waals surface area contributed by atoms with Gasteiger partial charge in [0.2, 0.25) is 5.91 Å². The fourth-order valence-electron chi connectivity index (χ4n) is 3.07. The summed E-state index contributed by atoms with van der Waals surface area (Å²) >= 11 is 6.14. The Kier molecular flexibility index (Phi) is 5.84. The Morgan fingerprint density at radius 1 is 1.19 bits per heavy atom. The number of hydrogen-bond donors (Lipinski definition) is 2. The first-order valence-electron chi connectivity index (χ1n) is 8.95. The third kappa shape index (κ3) is 4.37. The van der Waals surface area contributed by atoms with E-state index in [9.17, 15) is 4.79 Å². The summed E-state index contributed by atoms with van der Waals surface area (Å²) in [5, 5.41) is 7.13. The summed E-state index contributed by atoms with van der Waals surface area (Å²) < 4.78 is 5.24. The Morgan fingerprint density at radius 2 is 1.88 bits per heavy atom. The molecule has 2 atom stereocenters. The fraction of sp³-hybridized carbons (Fsp3) is 0.381. The maximum absolute atomic E-state index is 12.6. The average Bonchev–Trinajstić information content (AvgIpc) is 3.48. The monoisotopic (exact) mass is 372 g/mol. The third-order valence-electron chi connectivity index (χ3n) is 4.92. The first kappa shape index (κ1) is 18.7. The highest BCUT2D eigenvalue weighted by Gasteiger charge is 2.34. The van der Waals surface area contributed by atoms with Gasteiger partial charge in [0, 0.05) is 16.8 Å². The van der Waals surface area contributed by atoms with Gasteiger partial charge in [-0.25, -0.2) is 0 Å². The molecule has 0 spiro atoms. The van der Waals surface area contributed by atoms with Crippen molar-refractivity contribution in [1.82, 2.24) is 5.32 Å². The van der Waals surface area contributed by atoms with Crippen molar-refractivity contribution in [3.05, 3.63) is 58.6 Å². The SMILES string of the molecule is COc1ccc(C(NC(C)C(=O)Nc2cccc(Cl)c2C)C2CC2)cc1. The van der Waals surface area contributed by atoms with E-state index in [2.05, 4.69) is 22.8 Å². The zero-order valence-electron chi connectivity index (χ0n) is 15.4. The number of halogens is 1. The number of ether oxygens (including phenoxy) is 1. The molecule has 0 radical (unpaired) electrons. The van der Waals surface area contributed by atoms with Crippen LogP contribution in [0.5, 0.6) is 5.75 Å². The Labute approximate surface area is 159 Å². The molecule has 3 rings (SSSR count). The van der Waals surface area contributed by atoms with Crippen LogP contribution in [0.15, 0.2) is 42.5 Å². The van der Waals surface area contributed by atoms with Crippen molar-refractivity contribution in [3.63, 3.8) is 0 Å². The molecule has 0 aromatic heterocycles. The van der Waals surface area contributed by atoms with Crippen LogP contribution in [0.2, 0.25) is 5.02 Å². The number of amides is 1. The minimum absolute atomic E-state index is 0.0606. The second kappa shape index (κ2) is 8.11. The topological polar surface area (TPSA) is 50.4 Å². The minimum atomic E-state index is -0.318. The standard InChI is InChI=1S/C21H25ClN2O2/c1-13-18(22)5-4-6-19(13)24-21(25)14(2)23-20(15-7-8-15)16-9-11-17(26-3)12-10-16/h4-6,9-12,14-15,20,23H,7-8H2,1-3H3,(H,24,25). The molecule has 1 aliphatic carbocycles. The predicted molar refractivity (Wildman–Crippen MR) is 106 cm³/mol. The van der Waals surface area contributed by atoms with Gasteiger partial charge in [0.25, 0.3) is 0 Å². The number of carbonyl (C=O) groups excluding carboxylic acids is 1. The van der Waals surface area contributed by atoms with E-state index in [1.807, 2.05) is 44.2 Å². The van der Waals surface area contributed by atoms with E-state index in [-0.39, 0.29) is 18.0 Å². The molecule has 0 saturated heterocycles. The first-order chi connectivity index (χ1) is 12.5. The lowest BCUT2D eigenvalue weighted by Gasteiger charge is -2.24. The molecule has 1 saturated carbocycles. The molecule has 0 aliphatic heterocycles. The summed E-state index contributed by atoms with van der Waals surface area (Å²) in [6.07, 6.45) is 2.37. The summed E-state index contributed by atoms with van der Waals surface area (Å²) in [6.45, 7) is 3.80. The molecule has 2 aromatic rings. The Bertz CT molecular complexity index is 772. The number of carbonyl (C=O) groups is 1. The highest BCUT2D eigenvalue weighted by atomic mass is 35.5. The van der Waals surface area contributed by atoms with Gasteiger partial charge in [0.1, 0.15) is 5.75 Å². The lowest BCUT2D eigenvalue weighted by Crippen LogP contribution is -2.41. The van der Waals surface area contributed by atoms with Gasteiger partial charge in [-0.3, -0.25) is 10.1 Å². The van der Waals surface area contributed by atoms with Crippen molar-refractivity contribution < 1.29 is 9.53 Å². The van der Waals surface area contributed by atoms with Gasteiger partial charge >= 0.3 is 0 Å². The molecule has 2 aromatic carbocycles. The number of benzene rings is 2. The van der Waals surface area contributed by atoms with Crippen LogP contribution in [0, 0.1) is 12.8 Å². The quantitative estimate of drug-likeness (QED) is 0.739. The predicted octanol–water partition coefficient (Wildman–Crippen LogP) is 4.72. The zero-order chi connectivity index (χ0) is 18.7. The van der Waals surface area contributed by atoms with Gasteiger partial charge in [-0.05, 0) is 68.0 Å². The number of rotatable bonds is 7. The van der Waals surface area contributed by atoms with Gasteiger partial charge in [0.15, 0.2) is 0 Å². The van der Waals surface area contributed by atoms with E-state index in [1.54, 1.807) is 7.11 Å². The molecule has 4 nitrogen and oxygen atoms in total. The second-order valence-corrected chi connectivity index (χ2v) is 7.29. The van der Waals surface area contributed by atoms with Gasteiger partial charge in [-0.2, -0.15) is 0 Å². The van der Waals surface area contributed by atoms with E-state index in [4.69, 9.17) is 16.3 Å². The van der Waals surface area contributed by atoms with Crippen LogP contribution in [0.1, 0.15) is 36.9 Å². The largest absolute Gasteiger partial charge is 0.497 e. The van der Waals surface area contributed by atoms with Crippen molar-refractivity contribution in [3.8, 4) is 5.75 Å². The smallest absolute Gasteiger partial charge is 0.241 e. The Morgan fingerprint density at radius 3 is 2.50 bits per heavy atom. The Hall–Kier alpha value is -2.04. The molecule has 0 bridgehead atoms. The number of methoxy groups -OCH3 is 1. The van der Waals surface area contributed by atoms with Crippen molar-refractivity contribution in [1.29, 1.82) is 0 Å². The third-order valence-corrected chi connectivity index (χ3v) is 5.33. The Balaban J connectivity index is 1.68. The molecule has 138 valence electrons. The van der Waals surface area contributed by atoms with Crippen LogP contribution in [-0.4, -0.2) is 19.1 Å². The summed E-state index contributed by atoms with van der Waals surface area (Å²) in [4.78, 5) is 12.6. The van der Waals surface area contributed by atoms with Crippen LogP contribution in [0.25, 0.3) is 0 Å². The van der Waals surface area contributed by atoms with Gasteiger partial charge < -0.3 is 10.1 Å². The summed E-state index contributed by atoms with van der Waals surface area (Å²) in [5.41, 5.74) is 2.82. The van der Waals surface area contributed by atoms with Gasteiger partial charge in [-0.1, -0.05) is 29.8 Å². The average molecular weight is 373 g/mol. The molecule has 2 unspecified atom stereocenters. The van der Waals surface area contributed by atoms with E-state index in [0.717, 1.165) is 17.0 Å². The lowest BCUT2D eigenvalue weighted by molar-refractivity contribution is -0.118. The lowest BCUT2D eigenvalue weighted by atomic mass is 10.0. The molecular formula is C21H25ClN2O2. The van der Waals surface area contributed by atoms with Crippen LogP contribution in [-0.2, 0) is 4.79 Å². The van der Waals surface area contributed by atoms with E-state index in [1.165, 1.54) is 18.4 Å². The van der Waals surface area contributed by atoms with Crippen LogP contribution >= 0.6 is 11.6 Å². The number of anilines is 1. The molecule has 1 aliphatic rings. The number of nitrogens with one attached hydrogen (secondary N) is 2. The van der Waals surface area contributed by atoms with Crippen LogP contribution < -0.4 is 15.4 Å². The molecule has 1 fully saturated rings. The zero-order valence-corrected chi connectivity index (χ0v) is 16.1. The van der Waals surface area contributed by atoms with Crippen molar-refractivity contribution in [2.45, 2.75) is 38.8 Å². The van der Waals surface area contributed by atoms with E-state index in [0.29, 0.717) is 10.9 Å². The highest BCUT2D eigenvalue weighted by Crippen LogP contribution is 2.41. The van der Waals surface area contributed by atoms with Gasteiger partial charge in [-0.15, -0.1) is 0 Å². The fourth-order valence-corrected chi connectivity index (χ4v) is 3.25. The van der Waals surface area contributed by atoms with Crippen molar-refractivity contribution in [2.24, 2.45) is 5.92 Å². The minimum Gasteiger partial charge on any atom is -0.497 e. The second-order valence-electron chi connectivity index (χ2n) is 6.88. The molecule has 0 heterocycles. The van der Waals surface area contributed by atoms with Crippen molar-refractivity contribution >= 4 is 23.2 Å². The summed E-state index contributed by atoms with van der Waals surface area (Å²) in [7, 11) is 1.66. The molecule has 26 heavy (non-hydrogen) atoms. The van der Waals surface area contributed by atoms with Crippen LogP contribution in [0.4, 0.5) is 5.69 Å². The molecule has 1 amide bonds. The number of hydrogen-bond acceptors (Lipinski definition) is 3. The molecular weight excluding hydrogens is 348 g/mol. The highest BCUT2D eigenvalue weighted by molar-refractivity contribution is 6.31. The molecule has 2 N–H and O–H groups in total. The van der Waals surface area contributed by atoms with E-state index < -0.39 is 0 Å². The van der Waals surface area contributed by atoms with Gasteiger partial charge in [0.05, 0.1) is 13.2 Å². The summed E-state index contributed by atoms with van der Waals surface area (Å²) in [5.74, 6) is 1.35. The molecule has 5 heteroatoms. The first-order valence-corrected chi connectivity index (χ1v) is 9.33. The van der Waals surface area contributed by atoms with Crippen molar-refractivity contribution in [2.75, 3.05) is 12.4 Å². The normalized spacial score (nSPS) is 16.0. The maximum Gasteiger partial charge on any atom is 0.241 e.